The van der Waals surface area contributed by atoms with Gasteiger partial charge in [0.05, 0.1) is 22.5 Å². The lowest BCUT2D eigenvalue weighted by Gasteiger charge is -2.34. The van der Waals surface area contributed by atoms with E-state index in [1.165, 1.54) is 6.26 Å². The molecule has 1 atom stereocenters. The van der Waals surface area contributed by atoms with Gasteiger partial charge in [-0.25, -0.2) is 4.98 Å². The molecular weight excluding hydrogens is 422 g/mol. The number of rotatable bonds is 4. The molecule has 0 aliphatic carbocycles. The van der Waals surface area contributed by atoms with E-state index in [1.807, 2.05) is 42.2 Å². The fourth-order valence-electron chi connectivity index (χ4n) is 4.11. The van der Waals surface area contributed by atoms with Crippen LogP contribution in [0.2, 0.25) is 0 Å². The first-order valence-electron chi connectivity index (χ1n) is 10.7. The van der Waals surface area contributed by atoms with Crippen LogP contribution in [0.15, 0.2) is 65.3 Å². The van der Waals surface area contributed by atoms with Gasteiger partial charge in [0.15, 0.2) is 5.76 Å². The zero-order valence-electron chi connectivity index (χ0n) is 17.7. The summed E-state index contributed by atoms with van der Waals surface area (Å²) in [4.78, 5) is 32.7. The van der Waals surface area contributed by atoms with Crippen molar-refractivity contribution in [2.45, 2.75) is 32.2 Å². The summed E-state index contributed by atoms with van der Waals surface area (Å²) >= 11 is 1.66. The summed E-state index contributed by atoms with van der Waals surface area (Å²) in [7, 11) is 0. The Balaban J connectivity index is 1.42. The van der Waals surface area contributed by atoms with E-state index in [-0.39, 0.29) is 23.6 Å². The van der Waals surface area contributed by atoms with Crippen LogP contribution in [0.25, 0.3) is 10.2 Å². The smallest absolute Gasteiger partial charge is 0.291 e. The Morgan fingerprint density at radius 2 is 2.00 bits per heavy atom. The maximum Gasteiger partial charge on any atom is 0.291 e. The molecule has 0 saturated carbocycles. The van der Waals surface area contributed by atoms with Crippen molar-refractivity contribution in [2.75, 3.05) is 11.9 Å². The summed E-state index contributed by atoms with van der Waals surface area (Å²) in [5, 5.41) is 3.84. The Hall–Kier alpha value is -3.45. The zero-order chi connectivity index (χ0) is 22.1. The molecule has 0 spiro atoms. The van der Waals surface area contributed by atoms with Crippen LogP contribution in [-0.2, 0) is 0 Å². The van der Waals surface area contributed by atoms with Crippen LogP contribution >= 0.6 is 11.3 Å². The largest absolute Gasteiger partial charge is 0.459 e. The summed E-state index contributed by atoms with van der Waals surface area (Å²) in [6, 6.07) is 16.8. The summed E-state index contributed by atoms with van der Waals surface area (Å²) in [6.07, 6.45) is 4.41. The lowest BCUT2D eigenvalue weighted by atomic mass is 10.0. The average molecular weight is 446 g/mol. The second kappa shape index (κ2) is 8.59. The number of nitrogens with one attached hydrogen (secondary N) is 1. The standard InChI is InChI=1S/C25H23N3O3S/c1-16-11-12-17(15-19(16)26-23(29)21-9-6-14-31-21)25(30)28-13-5-4-8-20(28)24-27-18-7-2-3-10-22(18)32-24/h2-3,6-7,9-12,14-15,20H,4-5,8,13H2,1H3,(H,26,29)/t20-/m0/s1. The number of thiazole rings is 1. The Kier molecular flexibility index (Phi) is 5.49. The van der Waals surface area contributed by atoms with Gasteiger partial charge in [-0.2, -0.15) is 0 Å². The molecule has 2 aromatic heterocycles. The van der Waals surface area contributed by atoms with E-state index >= 15 is 0 Å². The first-order valence-corrected chi connectivity index (χ1v) is 11.5. The van der Waals surface area contributed by atoms with Gasteiger partial charge < -0.3 is 14.6 Å². The molecule has 162 valence electrons. The van der Waals surface area contributed by atoms with Crippen molar-refractivity contribution in [2.24, 2.45) is 0 Å². The number of carbonyl (C=O) groups is 2. The molecule has 0 unspecified atom stereocenters. The molecule has 2 aromatic carbocycles. The van der Waals surface area contributed by atoms with Crippen molar-refractivity contribution in [3.8, 4) is 0 Å². The SMILES string of the molecule is Cc1ccc(C(=O)N2CCCC[C@H]2c2nc3ccccc3s2)cc1NC(=O)c1ccco1. The van der Waals surface area contributed by atoms with Crippen LogP contribution < -0.4 is 5.32 Å². The third kappa shape index (κ3) is 3.91. The summed E-state index contributed by atoms with van der Waals surface area (Å²) in [5.74, 6) is -0.150. The van der Waals surface area contributed by atoms with Gasteiger partial charge in [0.1, 0.15) is 5.01 Å². The second-order valence-corrected chi connectivity index (χ2v) is 9.05. The van der Waals surface area contributed by atoms with Crippen molar-refractivity contribution in [3.05, 3.63) is 82.8 Å². The molecule has 3 heterocycles. The molecule has 1 N–H and O–H groups in total. The highest BCUT2D eigenvalue weighted by Gasteiger charge is 2.31. The third-order valence-electron chi connectivity index (χ3n) is 5.84. The number of nitrogens with zero attached hydrogens (tertiary/aromatic N) is 2. The van der Waals surface area contributed by atoms with Crippen LogP contribution in [0.5, 0.6) is 0 Å². The minimum atomic E-state index is -0.340. The average Bonchev–Trinajstić information content (AvgIpc) is 3.50. The van der Waals surface area contributed by atoms with Crippen molar-refractivity contribution >= 4 is 39.1 Å². The third-order valence-corrected chi connectivity index (χ3v) is 6.97. The van der Waals surface area contributed by atoms with Crippen molar-refractivity contribution < 1.29 is 14.0 Å². The van der Waals surface area contributed by atoms with Gasteiger partial charge in [0, 0.05) is 17.8 Å². The van der Waals surface area contributed by atoms with Gasteiger partial charge >= 0.3 is 0 Å². The van der Waals surface area contributed by atoms with Crippen LogP contribution in [0.4, 0.5) is 5.69 Å². The van der Waals surface area contributed by atoms with E-state index in [4.69, 9.17) is 9.40 Å². The van der Waals surface area contributed by atoms with Gasteiger partial charge in [-0.3, -0.25) is 9.59 Å². The van der Waals surface area contributed by atoms with E-state index in [0.717, 1.165) is 40.1 Å². The fourth-order valence-corrected chi connectivity index (χ4v) is 5.23. The number of anilines is 1. The number of carbonyl (C=O) groups excluding carboxylic acids is 2. The molecule has 5 rings (SSSR count). The number of hydrogen-bond donors (Lipinski definition) is 1. The Morgan fingerprint density at radius 3 is 2.81 bits per heavy atom. The molecule has 4 aromatic rings. The molecule has 6 nitrogen and oxygen atoms in total. The second-order valence-electron chi connectivity index (χ2n) is 7.99. The number of hydrogen-bond acceptors (Lipinski definition) is 5. The maximum absolute atomic E-state index is 13.5. The predicted octanol–water partition coefficient (Wildman–Crippen LogP) is 5.82. The number of fused-ring (bicyclic) bond motifs is 1. The van der Waals surface area contributed by atoms with E-state index in [9.17, 15) is 9.59 Å². The molecule has 2 amide bonds. The number of benzene rings is 2. The normalized spacial score (nSPS) is 16.3. The molecule has 32 heavy (non-hydrogen) atoms. The topological polar surface area (TPSA) is 75.4 Å². The first-order chi connectivity index (χ1) is 15.6. The lowest BCUT2D eigenvalue weighted by Crippen LogP contribution is -2.38. The van der Waals surface area contributed by atoms with E-state index in [2.05, 4.69) is 11.4 Å². The highest BCUT2D eigenvalue weighted by molar-refractivity contribution is 7.18. The maximum atomic E-state index is 13.5. The summed E-state index contributed by atoms with van der Waals surface area (Å²) in [6.45, 7) is 2.60. The number of furan rings is 1. The number of piperidine rings is 1. The highest BCUT2D eigenvalue weighted by atomic mass is 32.1. The molecule has 0 bridgehead atoms. The van der Waals surface area contributed by atoms with Crippen LogP contribution in [0.3, 0.4) is 0 Å². The number of para-hydroxylation sites is 1. The molecule has 1 aliphatic rings. The van der Waals surface area contributed by atoms with Gasteiger partial charge in [0.25, 0.3) is 11.8 Å². The quantitative estimate of drug-likeness (QED) is 0.430. The minimum Gasteiger partial charge on any atom is -0.459 e. The Bertz CT molecular complexity index is 1250. The van der Waals surface area contributed by atoms with Crippen molar-refractivity contribution in [1.29, 1.82) is 0 Å². The van der Waals surface area contributed by atoms with Gasteiger partial charge in [-0.15, -0.1) is 11.3 Å². The van der Waals surface area contributed by atoms with Crippen LogP contribution in [-0.4, -0.2) is 28.2 Å². The van der Waals surface area contributed by atoms with Gasteiger partial charge in [-0.1, -0.05) is 18.2 Å². The van der Waals surface area contributed by atoms with E-state index in [1.54, 1.807) is 29.5 Å². The molecule has 1 aliphatic heterocycles. The number of aryl methyl sites for hydroxylation is 1. The van der Waals surface area contributed by atoms with Crippen LogP contribution in [0, 0.1) is 6.92 Å². The van der Waals surface area contributed by atoms with Gasteiger partial charge in [0.2, 0.25) is 0 Å². The van der Waals surface area contributed by atoms with E-state index in [0.29, 0.717) is 17.8 Å². The fraction of sp³-hybridized carbons (Fsp3) is 0.240. The molecule has 0 radical (unpaired) electrons. The molecular formula is C25H23N3O3S. The summed E-state index contributed by atoms with van der Waals surface area (Å²) in [5.41, 5.74) is 3.01. The van der Waals surface area contributed by atoms with Crippen molar-refractivity contribution in [3.63, 3.8) is 0 Å². The minimum absolute atomic E-state index is 0.0314. The molecule has 7 heteroatoms. The van der Waals surface area contributed by atoms with Gasteiger partial charge in [-0.05, 0) is 68.1 Å². The molecule has 1 fully saturated rings. The predicted molar refractivity (Wildman–Crippen MR) is 125 cm³/mol. The number of amides is 2. The van der Waals surface area contributed by atoms with E-state index < -0.39 is 0 Å². The van der Waals surface area contributed by atoms with Crippen molar-refractivity contribution in [1.82, 2.24) is 9.88 Å². The number of likely N-dealkylation sites (tertiary alicyclic amines) is 1. The highest BCUT2D eigenvalue weighted by Crippen LogP contribution is 2.36. The van der Waals surface area contributed by atoms with Crippen LogP contribution in [0.1, 0.15) is 56.8 Å². The Labute approximate surface area is 189 Å². The summed E-state index contributed by atoms with van der Waals surface area (Å²) < 4.78 is 6.31. The molecule has 1 saturated heterocycles. The lowest BCUT2D eigenvalue weighted by molar-refractivity contribution is 0.0611. The first kappa shape index (κ1) is 20.5. The monoisotopic (exact) mass is 445 g/mol. The Morgan fingerprint density at radius 1 is 1.12 bits per heavy atom. The number of aromatic nitrogens is 1. The zero-order valence-corrected chi connectivity index (χ0v) is 18.5.